The molecular weight excluding hydrogens is 400 g/mol. The summed E-state index contributed by atoms with van der Waals surface area (Å²) in [6, 6.07) is 12.9. The Balaban J connectivity index is 2.00. The lowest BCUT2D eigenvalue weighted by Crippen LogP contribution is -2.25. The van der Waals surface area contributed by atoms with Gasteiger partial charge in [-0.1, -0.05) is 18.2 Å². The molecule has 31 heavy (non-hydrogen) atoms. The number of nitrogens with zero attached hydrogens (tertiary/aromatic N) is 1. The molecule has 4 rings (SSSR count). The highest BCUT2D eigenvalue weighted by Crippen LogP contribution is 2.47. The Hall–Kier alpha value is -3.94. The lowest BCUT2D eigenvalue weighted by molar-refractivity contribution is -0.116. The van der Waals surface area contributed by atoms with Gasteiger partial charge < -0.3 is 29.2 Å². The Morgan fingerprint density at radius 1 is 1.03 bits per heavy atom. The number of carbonyl (C=O) groups is 2. The zero-order chi connectivity index (χ0) is 22.1. The third-order valence-corrected chi connectivity index (χ3v) is 5.40. The second kappa shape index (κ2) is 8.06. The molecule has 3 aromatic rings. The summed E-state index contributed by atoms with van der Waals surface area (Å²) in [6.45, 7) is 0. The Kier molecular flexibility index (Phi) is 5.29. The quantitative estimate of drug-likeness (QED) is 0.629. The van der Waals surface area contributed by atoms with Gasteiger partial charge in [0, 0.05) is 35.9 Å². The Labute approximate surface area is 179 Å². The van der Waals surface area contributed by atoms with Gasteiger partial charge in [-0.3, -0.25) is 4.79 Å². The molecule has 2 heterocycles. The maximum absolute atomic E-state index is 12.6. The fraction of sp³-hybridized carbons (Fsp3) is 0.217. The number of para-hydroxylation sites is 1. The van der Waals surface area contributed by atoms with E-state index in [1.54, 1.807) is 16.7 Å². The summed E-state index contributed by atoms with van der Waals surface area (Å²) in [5.41, 5.74) is 2.45. The van der Waals surface area contributed by atoms with Crippen LogP contribution in [-0.2, 0) is 4.79 Å². The van der Waals surface area contributed by atoms with Gasteiger partial charge in [-0.05, 0) is 18.2 Å². The summed E-state index contributed by atoms with van der Waals surface area (Å²) in [4.78, 5) is 24.5. The number of aromatic nitrogens is 1. The molecule has 1 aliphatic rings. The molecule has 1 amide bonds. The number of fused-ring (bicyclic) bond motifs is 1. The van der Waals surface area contributed by atoms with Crippen LogP contribution in [0.5, 0.6) is 17.2 Å². The van der Waals surface area contributed by atoms with Crippen LogP contribution in [-0.4, -0.2) is 42.9 Å². The molecule has 0 aliphatic carbocycles. The number of carboxylic acids is 1. The van der Waals surface area contributed by atoms with Crippen LogP contribution in [0.2, 0.25) is 0 Å². The average molecular weight is 422 g/mol. The van der Waals surface area contributed by atoms with Crippen molar-refractivity contribution in [3.05, 3.63) is 65.5 Å². The molecule has 0 unspecified atom stereocenters. The minimum Gasteiger partial charge on any atom is -0.496 e. The first-order valence-electron chi connectivity index (χ1n) is 9.62. The van der Waals surface area contributed by atoms with Crippen LogP contribution in [0, 0.1) is 0 Å². The van der Waals surface area contributed by atoms with Gasteiger partial charge in [0.2, 0.25) is 5.91 Å². The fourth-order valence-electron chi connectivity index (χ4n) is 4.01. The summed E-state index contributed by atoms with van der Waals surface area (Å²) in [7, 11) is 4.60. The minimum atomic E-state index is -1.12. The normalized spacial score (nSPS) is 15.1. The first-order valence-corrected chi connectivity index (χ1v) is 9.62. The largest absolute Gasteiger partial charge is 0.496 e. The highest BCUT2D eigenvalue weighted by atomic mass is 16.5. The monoisotopic (exact) mass is 422 g/mol. The number of carbonyl (C=O) groups excluding carboxylic acids is 1. The number of amides is 1. The van der Waals surface area contributed by atoms with E-state index < -0.39 is 11.9 Å². The predicted molar refractivity (Wildman–Crippen MR) is 114 cm³/mol. The Morgan fingerprint density at radius 2 is 1.68 bits per heavy atom. The second-order valence-corrected chi connectivity index (χ2v) is 7.07. The summed E-state index contributed by atoms with van der Waals surface area (Å²) in [5.74, 6) is -0.364. The van der Waals surface area contributed by atoms with E-state index in [-0.39, 0.29) is 23.6 Å². The number of ether oxygens (including phenoxy) is 3. The maximum Gasteiger partial charge on any atom is 0.339 e. The number of methoxy groups -OCH3 is 3. The number of anilines is 1. The van der Waals surface area contributed by atoms with Crippen molar-refractivity contribution < 1.29 is 28.9 Å². The van der Waals surface area contributed by atoms with E-state index in [4.69, 9.17) is 14.2 Å². The third-order valence-electron chi connectivity index (χ3n) is 5.40. The van der Waals surface area contributed by atoms with Crippen molar-refractivity contribution in [3.63, 3.8) is 0 Å². The van der Waals surface area contributed by atoms with E-state index in [0.29, 0.717) is 28.5 Å². The zero-order valence-electron chi connectivity index (χ0n) is 17.3. The third kappa shape index (κ3) is 3.46. The number of hydrogen-bond donors (Lipinski definition) is 2. The molecule has 0 radical (unpaired) electrons. The van der Waals surface area contributed by atoms with Crippen molar-refractivity contribution in [1.29, 1.82) is 0 Å². The van der Waals surface area contributed by atoms with Crippen LogP contribution in [0.4, 0.5) is 5.69 Å². The highest BCUT2D eigenvalue weighted by Gasteiger charge is 2.36. The summed E-state index contributed by atoms with van der Waals surface area (Å²) >= 11 is 0. The van der Waals surface area contributed by atoms with Crippen LogP contribution in [0.15, 0.2) is 48.7 Å². The highest BCUT2D eigenvalue weighted by molar-refractivity contribution is 6.04. The van der Waals surface area contributed by atoms with Gasteiger partial charge in [0.15, 0.2) is 11.5 Å². The van der Waals surface area contributed by atoms with E-state index in [0.717, 1.165) is 5.69 Å². The molecule has 0 saturated carbocycles. The van der Waals surface area contributed by atoms with Crippen LogP contribution in [0.3, 0.4) is 0 Å². The number of aromatic carboxylic acids is 1. The van der Waals surface area contributed by atoms with Gasteiger partial charge in [0.05, 0.1) is 32.7 Å². The molecular formula is C23H22N2O6. The second-order valence-electron chi connectivity index (χ2n) is 7.07. The van der Waals surface area contributed by atoms with E-state index in [2.05, 4.69) is 5.32 Å². The first-order chi connectivity index (χ1) is 15.0. The van der Waals surface area contributed by atoms with E-state index >= 15 is 0 Å². The molecule has 0 saturated heterocycles. The fourth-order valence-corrected chi connectivity index (χ4v) is 4.01. The van der Waals surface area contributed by atoms with Crippen molar-refractivity contribution in [2.45, 2.75) is 12.3 Å². The van der Waals surface area contributed by atoms with Crippen LogP contribution in [0.1, 0.15) is 34.0 Å². The van der Waals surface area contributed by atoms with Crippen LogP contribution in [0.25, 0.3) is 5.69 Å². The van der Waals surface area contributed by atoms with E-state index in [9.17, 15) is 14.7 Å². The maximum atomic E-state index is 12.6. The van der Waals surface area contributed by atoms with Crippen molar-refractivity contribution in [1.82, 2.24) is 4.57 Å². The predicted octanol–water partition coefficient (Wildman–Crippen LogP) is 3.68. The standard InChI is InChI=1S/C23H22N2O6/c1-29-17-11-19(31-3)18(30-2)9-14(17)15-10-20(26)24-21-16(23(27)28)12-25(22(15)21)13-7-5-4-6-8-13/h4-9,11-12,15H,10H2,1-3H3,(H,24,26)(H,27,28)/t15-/m1/s1. The van der Waals surface area contributed by atoms with Crippen molar-refractivity contribution in [2.24, 2.45) is 0 Å². The molecule has 1 aromatic heterocycles. The zero-order valence-corrected chi connectivity index (χ0v) is 17.3. The molecule has 2 aromatic carbocycles. The molecule has 0 spiro atoms. The molecule has 1 atom stereocenters. The Morgan fingerprint density at radius 3 is 2.29 bits per heavy atom. The average Bonchev–Trinajstić information content (AvgIpc) is 3.17. The summed E-state index contributed by atoms with van der Waals surface area (Å²) in [6.07, 6.45) is 1.66. The molecule has 2 N–H and O–H groups in total. The SMILES string of the molecule is COc1cc(OC)c([C@H]2CC(=O)Nc3c(C(=O)O)cn(-c4ccccc4)c32)cc1OC. The first kappa shape index (κ1) is 20.3. The van der Waals surface area contributed by atoms with Crippen LogP contribution >= 0.6 is 0 Å². The number of rotatable bonds is 6. The van der Waals surface area contributed by atoms with Gasteiger partial charge in [0.1, 0.15) is 11.3 Å². The van der Waals surface area contributed by atoms with E-state index in [1.165, 1.54) is 27.5 Å². The number of nitrogens with one attached hydrogen (secondary N) is 1. The molecule has 8 heteroatoms. The topological polar surface area (TPSA) is 99.0 Å². The molecule has 0 bridgehead atoms. The van der Waals surface area contributed by atoms with Crippen LogP contribution < -0.4 is 19.5 Å². The lowest BCUT2D eigenvalue weighted by atomic mass is 9.87. The Bertz CT molecular complexity index is 1150. The van der Waals surface area contributed by atoms with Crippen molar-refractivity contribution in [2.75, 3.05) is 26.6 Å². The van der Waals surface area contributed by atoms with E-state index in [1.807, 2.05) is 30.3 Å². The molecule has 160 valence electrons. The minimum absolute atomic E-state index is 0.0244. The smallest absolute Gasteiger partial charge is 0.339 e. The summed E-state index contributed by atoms with van der Waals surface area (Å²) in [5, 5.41) is 12.5. The van der Waals surface area contributed by atoms with Gasteiger partial charge in [-0.2, -0.15) is 0 Å². The van der Waals surface area contributed by atoms with Gasteiger partial charge in [-0.15, -0.1) is 0 Å². The number of benzene rings is 2. The lowest BCUT2D eigenvalue weighted by Gasteiger charge is -2.28. The van der Waals surface area contributed by atoms with Crippen molar-refractivity contribution >= 4 is 17.6 Å². The van der Waals surface area contributed by atoms with Gasteiger partial charge in [-0.25, -0.2) is 4.79 Å². The van der Waals surface area contributed by atoms with Crippen molar-refractivity contribution in [3.8, 4) is 22.9 Å². The molecule has 0 fully saturated rings. The molecule has 8 nitrogen and oxygen atoms in total. The van der Waals surface area contributed by atoms with Gasteiger partial charge >= 0.3 is 5.97 Å². The van der Waals surface area contributed by atoms with Gasteiger partial charge in [0.25, 0.3) is 0 Å². The number of hydrogen-bond acceptors (Lipinski definition) is 5. The summed E-state index contributed by atoms with van der Waals surface area (Å²) < 4.78 is 18.2. The molecule has 1 aliphatic heterocycles. The number of carboxylic acid groups (broad SMARTS) is 1.